The summed E-state index contributed by atoms with van der Waals surface area (Å²) in [6, 6.07) is 15.7. The minimum absolute atomic E-state index is 0.105. The quantitative estimate of drug-likeness (QED) is 0.0469. The van der Waals surface area contributed by atoms with Gasteiger partial charge in [-0.25, -0.2) is 0 Å². The van der Waals surface area contributed by atoms with Crippen LogP contribution in [0.5, 0.6) is 0 Å². The Kier molecular flexibility index (Phi) is 14.5. The van der Waals surface area contributed by atoms with E-state index in [1.807, 2.05) is 0 Å². The average molecular weight is 771 g/mol. The largest absolute Gasteiger partial charge is 0.416 e. The number of rotatable bonds is 7. The van der Waals surface area contributed by atoms with Gasteiger partial charge in [0.25, 0.3) is 22.5 Å². The van der Waals surface area contributed by atoms with Gasteiger partial charge in [-0.15, -0.1) is 0 Å². The smallest absolute Gasteiger partial charge is 0.393 e. The van der Waals surface area contributed by atoms with Crippen molar-refractivity contribution in [3.63, 3.8) is 0 Å². The standard InChI is InChI=1S/C16H12F3N3O4.C9H8ClNO2.C7H5F3N2O2/c1-9(23)20-12-5-2-10(3-6-12)15(24)21-13-7-4-11(16(17,18)19)8-14(13)22(25)26;1-6(12)11-8-4-2-7(3-5-8)9(10)13;8-7(9,10)4-1-2-5(11)6(3-4)12(13)14/h2-8H,1H3,(H,20,23)(H,21,24);2-5H,1H3,(H,11,12);1-3H,11H2. The minimum atomic E-state index is -4.74. The average Bonchev–Trinajstić information content (AvgIpc) is 3.04. The maximum absolute atomic E-state index is 12.7. The number of alkyl halides is 6. The Labute approximate surface area is 299 Å². The number of benzene rings is 4. The molecule has 0 unspecified atom stereocenters. The van der Waals surface area contributed by atoms with Gasteiger partial charge < -0.3 is 21.7 Å². The highest BCUT2D eigenvalue weighted by Crippen LogP contribution is 2.35. The maximum Gasteiger partial charge on any atom is 0.416 e. The van der Waals surface area contributed by atoms with E-state index in [4.69, 9.17) is 17.3 Å². The van der Waals surface area contributed by atoms with Gasteiger partial charge in [0, 0.05) is 48.5 Å². The lowest BCUT2D eigenvalue weighted by Crippen LogP contribution is -2.14. The number of nitrogens with one attached hydrogen (secondary N) is 3. The van der Waals surface area contributed by atoms with Gasteiger partial charge in [-0.1, -0.05) is 0 Å². The number of nitro benzene ring substituents is 2. The molecule has 0 radical (unpaired) electrons. The molecular formula is C32H25ClF6N6O8. The van der Waals surface area contributed by atoms with E-state index in [0.717, 1.165) is 12.1 Å². The Morgan fingerprint density at radius 2 is 1.02 bits per heavy atom. The number of nitrogen functional groups attached to an aromatic ring is 1. The molecule has 0 saturated carbocycles. The zero-order valence-corrected chi connectivity index (χ0v) is 27.7. The Morgan fingerprint density at radius 3 is 1.40 bits per heavy atom. The number of halogens is 7. The molecule has 0 atom stereocenters. The number of carbonyl (C=O) groups is 4. The first-order valence-corrected chi connectivity index (χ1v) is 14.6. The van der Waals surface area contributed by atoms with Crippen molar-refractivity contribution < 1.29 is 55.4 Å². The van der Waals surface area contributed by atoms with Gasteiger partial charge in [0.1, 0.15) is 11.4 Å². The van der Waals surface area contributed by atoms with E-state index >= 15 is 0 Å². The number of amides is 3. The number of hydrogen-bond acceptors (Lipinski definition) is 9. The summed E-state index contributed by atoms with van der Waals surface area (Å²) in [7, 11) is 0. The van der Waals surface area contributed by atoms with Crippen LogP contribution >= 0.6 is 11.6 Å². The summed E-state index contributed by atoms with van der Waals surface area (Å²) in [6.45, 7) is 2.73. The molecule has 280 valence electrons. The third-order valence-electron chi connectivity index (χ3n) is 6.22. The topological polar surface area (TPSA) is 217 Å². The number of carbonyl (C=O) groups excluding carboxylic acids is 4. The predicted molar refractivity (Wildman–Crippen MR) is 180 cm³/mol. The van der Waals surface area contributed by atoms with E-state index in [1.165, 1.54) is 38.1 Å². The summed E-state index contributed by atoms with van der Waals surface area (Å²) in [5.41, 5.74) is 2.19. The molecule has 3 amide bonds. The summed E-state index contributed by atoms with van der Waals surface area (Å²) in [4.78, 5) is 63.7. The molecule has 53 heavy (non-hydrogen) atoms. The van der Waals surface area contributed by atoms with Gasteiger partial charge in [0.15, 0.2) is 0 Å². The van der Waals surface area contributed by atoms with Gasteiger partial charge in [-0.05, 0) is 84.4 Å². The Bertz CT molecular complexity index is 2010. The second kappa shape index (κ2) is 18.1. The number of anilines is 4. The monoisotopic (exact) mass is 770 g/mol. The van der Waals surface area contributed by atoms with Crippen LogP contribution in [-0.2, 0) is 21.9 Å². The highest BCUT2D eigenvalue weighted by molar-refractivity contribution is 6.67. The predicted octanol–water partition coefficient (Wildman–Crippen LogP) is 8.04. The molecule has 5 N–H and O–H groups in total. The van der Waals surface area contributed by atoms with Crippen LogP contribution in [0, 0.1) is 20.2 Å². The maximum atomic E-state index is 12.7. The zero-order valence-electron chi connectivity index (χ0n) is 27.0. The van der Waals surface area contributed by atoms with Crippen LogP contribution < -0.4 is 21.7 Å². The van der Waals surface area contributed by atoms with Gasteiger partial charge >= 0.3 is 12.4 Å². The number of nitrogens with two attached hydrogens (primary N) is 1. The van der Waals surface area contributed by atoms with Crippen molar-refractivity contribution in [2.45, 2.75) is 26.2 Å². The SMILES string of the molecule is CC(=O)Nc1ccc(C(=O)Cl)cc1.CC(=O)Nc1ccc(C(=O)Nc2ccc(C(F)(F)F)cc2[N+](=O)[O-])cc1.Nc1ccc(C(F)(F)F)cc1[N+](=O)[O-]. The van der Waals surface area contributed by atoms with Gasteiger partial charge in [-0.3, -0.25) is 39.4 Å². The molecule has 0 saturated heterocycles. The summed E-state index contributed by atoms with van der Waals surface area (Å²) >= 11 is 5.23. The lowest BCUT2D eigenvalue weighted by atomic mass is 10.1. The van der Waals surface area contributed by atoms with Crippen molar-refractivity contribution in [1.29, 1.82) is 0 Å². The molecule has 0 fully saturated rings. The molecule has 21 heteroatoms. The molecule has 0 spiro atoms. The van der Waals surface area contributed by atoms with Crippen molar-refractivity contribution in [2.24, 2.45) is 0 Å². The minimum Gasteiger partial charge on any atom is -0.393 e. The van der Waals surface area contributed by atoms with E-state index in [1.54, 1.807) is 24.3 Å². The first kappa shape index (κ1) is 42.6. The van der Waals surface area contributed by atoms with Crippen molar-refractivity contribution in [3.8, 4) is 0 Å². The van der Waals surface area contributed by atoms with E-state index < -0.39 is 55.9 Å². The summed E-state index contributed by atoms with van der Waals surface area (Å²) < 4.78 is 74.3. The van der Waals surface area contributed by atoms with Crippen LogP contribution in [0.25, 0.3) is 0 Å². The van der Waals surface area contributed by atoms with Crippen LogP contribution in [0.1, 0.15) is 45.7 Å². The molecule has 0 aliphatic rings. The Morgan fingerprint density at radius 1 is 0.623 bits per heavy atom. The van der Waals surface area contributed by atoms with Crippen LogP contribution in [0.3, 0.4) is 0 Å². The molecule has 0 aromatic heterocycles. The molecule has 4 aromatic carbocycles. The van der Waals surface area contributed by atoms with Crippen LogP contribution in [0.15, 0.2) is 84.9 Å². The fourth-order valence-corrected chi connectivity index (χ4v) is 3.96. The highest BCUT2D eigenvalue weighted by atomic mass is 35.5. The molecule has 0 aliphatic heterocycles. The number of hydrogen-bond donors (Lipinski definition) is 4. The van der Waals surface area contributed by atoms with Gasteiger partial charge in [-0.2, -0.15) is 26.3 Å². The lowest BCUT2D eigenvalue weighted by Gasteiger charge is -2.10. The second-order valence-electron chi connectivity index (χ2n) is 10.3. The number of nitro groups is 2. The zero-order chi connectivity index (χ0) is 40.3. The Hall–Kier alpha value is -6.57. The third kappa shape index (κ3) is 13.6. The van der Waals surface area contributed by atoms with Gasteiger partial charge in [0.2, 0.25) is 11.8 Å². The second-order valence-corrected chi connectivity index (χ2v) is 10.6. The lowest BCUT2D eigenvalue weighted by molar-refractivity contribution is -0.384. The normalized spacial score (nSPS) is 10.7. The van der Waals surface area contributed by atoms with E-state index in [0.29, 0.717) is 41.2 Å². The molecule has 14 nitrogen and oxygen atoms in total. The fourth-order valence-electron chi connectivity index (χ4n) is 3.83. The van der Waals surface area contributed by atoms with E-state index in [2.05, 4.69) is 16.0 Å². The third-order valence-corrected chi connectivity index (χ3v) is 6.44. The van der Waals surface area contributed by atoms with Crippen molar-refractivity contribution in [2.75, 3.05) is 21.7 Å². The van der Waals surface area contributed by atoms with Crippen LogP contribution in [0.2, 0.25) is 0 Å². The van der Waals surface area contributed by atoms with Crippen LogP contribution in [-0.4, -0.2) is 32.8 Å². The number of nitrogens with zero attached hydrogens (tertiary/aromatic N) is 2. The van der Waals surface area contributed by atoms with Crippen LogP contribution in [0.4, 0.5) is 60.5 Å². The molecule has 0 heterocycles. The van der Waals surface area contributed by atoms with Gasteiger partial charge in [0.05, 0.1) is 21.0 Å². The molecule has 4 rings (SSSR count). The fraction of sp³-hybridized carbons (Fsp3) is 0.125. The van der Waals surface area contributed by atoms with E-state index in [9.17, 15) is 65.7 Å². The first-order chi connectivity index (χ1) is 24.5. The van der Waals surface area contributed by atoms with Crippen molar-refractivity contribution >= 4 is 68.7 Å². The molecular weight excluding hydrogens is 746 g/mol. The first-order valence-electron chi connectivity index (χ1n) is 14.2. The van der Waals surface area contributed by atoms with E-state index in [-0.39, 0.29) is 28.8 Å². The highest BCUT2D eigenvalue weighted by Gasteiger charge is 2.34. The summed E-state index contributed by atoms with van der Waals surface area (Å²) in [5, 5.41) is 28.1. The van der Waals surface area contributed by atoms with Crippen molar-refractivity contribution in [1.82, 2.24) is 0 Å². The molecule has 4 aromatic rings. The summed E-state index contributed by atoms with van der Waals surface area (Å²) in [6.07, 6.45) is -9.34. The Balaban J connectivity index is 0.000000303. The summed E-state index contributed by atoms with van der Waals surface area (Å²) in [5.74, 6) is -1.20. The van der Waals surface area contributed by atoms with Crippen molar-refractivity contribution in [3.05, 3.63) is 127 Å². The molecule has 0 bridgehead atoms. The molecule has 0 aliphatic carbocycles.